The Bertz CT molecular complexity index is 134. The summed E-state index contributed by atoms with van der Waals surface area (Å²) in [5.41, 5.74) is 0.694. The molecule has 0 aromatic carbocycles. The molecular weight excluding hydrogens is 204 g/mol. The van der Waals surface area contributed by atoms with Gasteiger partial charge >= 0.3 is 0 Å². The number of hydrogen-bond acceptors (Lipinski definition) is 0. The van der Waals surface area contributed by atoms with Crippen molar-refractivity contribution >= 4 is 0 Å². The van der Waals surface area contributed by atoms with Crippen LogP contribution in [-0.4, -0.2) is 0 Å². The Morgan fingerprint density at radius 2 is 1.47 bits per heavy atom. The lowest BCUT2D eigenvalue weighted by atomic mass is 9.79. The van der Waals surface area contributed by atoms with E-state index in [9.17, 15) is 0 Å². The van der Waals surface area contributed by atoms with E-state index in [2.05, 4.69) is 55.4 Å². The Morgan fingerprint density at radius 3 is 1.59 bits per heavy atom. The van der Waals surface area contributed by atoms with Gasteiger partial charge < -0.3 is 0 Å². The molecule has 0 aliphatic heterocycles. The van der Waals surface area contributed by atoms with Crippen molar-refractivity contribution in [2.24, 2.45) is 17.3 Å². The predicted octanol–water partition coefficient (Wildman–Crippen LogP) is 6.94. The van der Waals surface area contributed by atoms with Gasteiger partial charge in [0.25, 0.3) is 0 Å². The molecule has 1 saturated carbocycles. The minimum atomic E-state index is 0. The molecule has 0 spiro atoms. The first-order valence-electron chi connectivity index (χ1n) is 7.33. The highest BCUT2D eigenvalue weighted by molar-refractivity contribution is 4.84. The highest BCUT2D eigenvalue weighted by Gasteiger charge is 2.33. The van der Waals surface area contributed by atoms with Crippen LogP contribution in [0.4, 0.5) is 0 Å². The zero-order valence-corrected chi connectivity index (χ0v) is 13.2. The van der Waals surface area contributed by atoms with Gasteiger partial charge in [-0.1, -0.05) is 88.5 Å². The molecule has 17 heavy (non-hydrogen) atoms. The van der Waals surface area contributed by atoms with Crippen LogP contribution in [0.3, 0.4) is 0 Å². The summed E-state index contributed by atoms with van der Waals surface area (Å²) in [6.45, 7) is 17.9. The summed E-state index contributed by atoms with van der Waals surface area (Å²) in [5, 5.41) is 0. The van der Waals surface area contributed by atoms with Gasteiger partial charge in [0.15, 0.2) is 0 Å². The lowest BCUT2D eigenvalue weighted by Gasteiger charge is -2.27. The quantitative estimate of drug-likeness (QED) is 0.469. The Hall–Kier alpha value is 0. The molecule has 1 aliphatic carbocycles. The summed E-state index contributed by atoms with van der Waals surface area (Å²) in [6, 6.07) is 0. The van der Waals surface area contributed by atoms with Gasteiger partial charge in [-0.15, -0.1) is 0 Å². The summed E-state index contributed by atoms with van der Waals surface area (Å²) < 4.78 is 0. The van der Waals surface area contributed by atoms with E-state index in [1.165, 1.54) is 32.1 Å². The summed E-state index contributed by atoms with van der Waals surface area (Å²) in [5.74, 6) is 1.81. The van der Waals surface area contributed by atoms with E-state index in [1.54, 1.807) is 0 Å². The molecule has 0 bridgehead atoms. The van der Waals surface area contributed by atoms with E-state index in [4.69, 9.17) is 0 Å². The zero-order valence-electron chi connectivity index (χ0n) is 13.2. The maximum absolute atomic E-state index is 2.44. The Labute approximate surface area is 113 Å². The second-order valence-corrected chi connectivity index (χ2v) is 6.24. The highest BCUT2D eigenvalue weighted by Crippen LogP contribution is 2.44. The van der Waals surface area contributed by atoms with Gasteiger partial charge in [-0.2, -0.15) is 0 Å². The molecule has 0 heteroatoms. The van der Waals surface area contributed by atoms with Crippen LogP contribution < -0.4 is 0 Å². The molecule has 2 unspecified atom stereocenters. The minimum Gasteiger partial charge on any atom is -0.0776 e. The largest absolute Gasteiger partial charge is 0.0776 e. The normalized spacial score (nSPS) is 26.3. The van der Waals surface area contributed by atoms with Gasteiger partial charge in [-0.25, -0.2) is 0 Å². The van der Waals surface area contributed by atoms with E-state index in [0.717, 1.165) is 11.8 Å². The van der Waals surface area contributed by atoms with Crippen LogP contribution in [0.5, 0.6) is 0 Å². The van der Waals surface area contributed by atoms with Crippen LogP contribution in [0.25, 0.3) is 0 Å². The Balaban J connectivity index is -0.000000210. The molecule has 0 heterocycles. The van der Waals surface area contributed by atoms with Crippen molar-refractivity contribution in [2.75, 3.05) is 0 Å². The van der Waals surface area contributed by atoms with Crippen LogP contribution >= 0.6 is 0 Å². The average Bonchev–Trinajstić information content (AvgIpc) is 2.48. The summed E-state index contributed by atoms with van der Waals surface area (Å²) in [7, 11) is 0. The van der Waals surface area contributed by atoms with Crippen molar-refractivity contribution in [2.45, 2.75) is 94.9 Å². The summed E-state index contributed by atoms with van der Waals surface area (Å²) in [6.07, 6.45) is 7.01. The van der Waals surface area contributed by atoms with Crippen LogP contribution in [0.15, 0.2) is 0 Å². The van der Waals surface area contributed by atoms with Crippen molar-refractivity contribution in [3.8, 4) is 0 Å². The number of rotatable bonds is 1. The third-order valence-electron chi connectivity index (χ3n) is 3.38. The van der Waals surface area contributed by atoms with Crippen molar-refractivity contribution in [3.05, 3.63) is 0 Å². The first kappa shape index (κ1) is 22.2. The molecule has 1 rings (SSSR count). The molecule has 0 aromatic rings. The third-order valence-corrected chi connectivity index (χ3v) is 3.38. The number of hydrogen-bond donors (Lipinski definition) is 0. The van der Waals surface area contributed by atoms with Crippen molar-refractivity contribution in [3.63, 3.8) is 0 Å². The smallest absolute Gasteiger partial charge is 0.0303 e. The fourth-order valence-corrected chi connectivity index (χ4v) is 1.93. The van der Waals surface area contributed by atoms with E-state index < -0.39 is 0 Å². The van der Waals surface area contributed by atoms with E-state index in [1.807, 2.05) is 0 Å². The zero-order chi connectivity index (χ0) is 13.2. The first-order chi connectivity index (χ1) is 7.33. The summed E-state index contributed by atoms with van der Waals surface area (Å²) in [4.78, 5) is 0. The SMILES string of the molecule is C.CC(C)C.CCC.CCC1(C)CCCC1C. The maximum Gasteiger partial charge on any atom is -0.0303 e. The monoisotopic (exact) mass is 244 g/mol. The Kier molecular flexibility index (Phi) is 16.3. The van der Waals surface area contributed by atoms with Gasteiger partial charge in [-0.05, 0) is 23.7 Å². The topological polar surface area (TPSA) is 0 Å². The van der Waals surface area contributed by atoms with Crippen LogP contribution in [0, 0.1) is 17.3 Å². The van der Waals surface area contributed by atoms with E-state index in [-0.39, 0.29) is 7.43 Å². The molecule has 0 saturated heterocycles. The molecule has 0 N–H and O–H groups in total. The molecule has 0 aromatic heterocycles. The van der Waals surface area contributed by atoms with E-state index in [0.29, 0.717) is 5.41 Å². The Morgan fingerprint density at radius 1 is 1.12 bits per heavy atom. The average molecular weight is 245 g/mol. The van der Waals surface area contributed by atoms with Crippen molar-refractivity contribution in [1.82, 2.24) is 0 Å². The predicted molar refractivity (Wildman–Crippen MR) is 84.6 cm³/mol. The fraction of sp³-hybridized carbons (Fsp3) is 1.00. The molecule has 1 aliphatic rings. The third kappa shape index (κ3) is 12.2. The first-order valence-corrected chi connectivity index (χ1v) is 7.33. The van der Waals surface area contributed by atoms with Crippen LogP contribution in [0.1, 0.15) is 94.9 Å². The van der Waals surface area contributed by atoms with E-state index >= 15 is 0 Å². The molecule has 0 radical (unpaired) electrons. The van der Waals surface area contributed by atoms with Crippen LogP contribution in [0.2, 0.25) is 0 Å². The van der Waals surface area contributed by atoms with Gasteiger partial charge in [0.1, 0.15) is 0 Å². The standard InChI is InChI=1S/C9H18.C4H10.C3H8.CH4/c1-4-9(3)7-5-6-8(9)2;1-4(2)3;1-3-2;/h8H,4-7H2,1-3H3;4H,1-3H3;3H2,1-2H3;1H4. The lowest BCUT2D eigenvalue weighted by Crippen LogP contribution is -2.17. The van der Waals surface area contributed by atoms with Crippen molar-refractivity contribution in [1.29, 1.82) is 0 Å². The second kappa shape index (κ2) is 12.5. The van der Waals surface area contributed by atoms with Gasteiger partial charge in [0.05, 0.1) is 0 Å². The lowest BCUT2D eigenvalue weighted by molar-refractivity contribution is 0.236. The molecule has 0 nitrogen and oxygen atoms in total. The highest BCUT2D eigenvalue weighted by atomic mass is 14.4. The maximum atomic E-state index is 2.44. The van der Waals surface area contributed by atoms with Crippen molar-refractivity contribution < 1.29 is 0 Å². The molecule has 108 valence electrons. The molecule has 0 amide bonds. The van der Waals surface area contributed by atoms with Gasteiger partial charge in [0, 0.05) is 0 Å². The second-order valence-electron chi connectivity index (χ2n) is 6.24. The molecule has 2 atom stereocenters. The molecular formula is C17H40. The minimum absolute atomic E-state index is 0. The van der Waals surface area contributed by atoms with Crippen LogP contribution in [-0.2, 0) is 0 Å². The fourth-order valence-electron chi connectivity index (χ4n) is 1.93. The van der Waals surface area contributed by atoms with Gasteiger partial charge in [-0.3, -0.25) is 0 Å². The van der Waals surface area contributed by atoms with Gasteiger partial charge in [0.2, 0.25) is 0 Å². The summed E-state index contributed by atoms with van der Waals surface area (Å²) >= 11 is 0. The molecule has 1 fully saturated rings.